The van der Waals surface area contributed by atoms with Crippen LogP contribution in [0.2, 0.25) is 0 Å². The van der Waals surface area contributed by atoms with Crippen LogP contribution in [0.5, 0.6) is 0 Å². The van der Waals surface area contributed by atoms with E-state index < -0.39 is 0 Å². The van der Waals surface area contributed by atoms with E-state index in [1.807, 2.05) is 24.1 Å². The molecule has 112 valence electrons. The van der Waals surface area contributed by atoms with Crippen molar-refractivity contribution in [1.82, 2.24) is 4.90 Å². The molecule has 0 heterocycles. The standard InChI is InChI=1S/C17H22N2O2/c1-19(15-4-2-3-5-15)17(21)13-8-10-14(11-9-13)18-16(20)12-6-7-12/h8-12,15H,2-7H2,1H3,(H,18,20). The first-order chi connectivity index (χ1) is 10.1. The number of carbonyl (C=O) groups excluding carboxylic acids is 2. The van der Waals surface area contributed by atoms with E-state index in [1.54, 1.807) is 12.1 Å². The number of carbonyl (C=O) groups is 2. The van der Waals surface area contributed by atoms with Gasteiger partial charge in [-0.2, -0.15) is 0 Å². The Hall–Kier alpha value is -1.84. The zero-order valence-electron chi connectivity index (χ0n) is 12.5. The monoisotopic (exact) mass is 286 g/mol. The van der Waals surface area contributed by atoms with Gasteiger partial charge in [-0.25, -0.2) is 0 Å². The van der Waals surface area contributed by atoms with Gasteiger partial charge in [-0.15, -0.1) is 0 Å². The molecule has 1 N–H and O–H groups in total. The summed E-state index contributed by atoms with van der Waals surface area (Å²) in [6, 6.07) is 7.62. The Morgan fingerprint density at radius 2 is 1.67 bits per heavy atom. The smallest absolute Gasteiger partial charge is 0.253 e. The molecule has 0 radical (unpaired) electrons. The van der Waals surface area contributed by atoms with Gasteiger partial charge in [0.2, 0.25) is 5.91 Å². The van der Waals surface area contributed by atoms with Crippen molar-refractivity contribution in [2.75, 3.05) is 12.4 Å². The van der Waals surface area contributed by atoms with Gasteiger partial charge in [0.25, 0.3) is 5.91 Å². The molecule has 3 rings (SSSR count). The largest absolute Gasteiger partial charge is 0.339 e. The summed E-state index contributed by atoms with van der Waals surface area (Å²) in [7, 11) is 1.89. The number of nitrogens with one attached hydrogen (secondary N) is 1. The highest BCUT2D eigenvalue weighted by molar-refractivity contribution is 5.96. The number of rotatable bonds is 4. The van der Waals surface area contributed by atoms with Crippen molar-refractivity contribution in [3.8, 4) is 0 Å². The van der Waals surface area contributed by atoms with E-state index in [2.05, 4.69) is 5.32 Å². The lowest BCUT2D eigenvalue weighted by atomic mass is 10.1. The zero-order chi connectivity index (χ0) is 14.8. The predicted molar refractivity (Wildman–Crippen MR) is 82.1 cm³/mol. The van der Waals surface area contributed by atoms with Gasteiger partial charge < -0.3 is 10.2 Å². The van der Waals surface area contributed by atoms with Gasteiger partial charge >= 0.3 is 0 Å². The Balaban J connectivity index is 1.62. The minimum absolute atomic E-state index is 0.0713. The summed E-state index contributed by atoms with van der Waals surface area (Å²) in [6.07, 6.45) is 6.64. The van der Waals surface area contributed by atoms with Gasteiger partial charge in [0.05, 0.1) is 0 Å². The van der Waals surface area contributed by atoms with Gasteiger partial charge in [-0.1, -0.05) is 12.8 Å². The van der Waals surface area contributed by atoms with Crippen molar-refractivity contribution >= 4 is 17.5 Å². The molecule has 0 spiro atoms. The lowest BCUT2D eigenvalue weighted by Crippen LogP contribution is -2.35. The van der Waals surface area contributed by atoms with Gasteiger partial charge in [-0.05, 0) is 49.9 Å². The van der Waals surface area contributed by atoms with Crippen molar-refractivity contribution < 1.29 is 9.59 Å². The van der Waals surface area contributed by atoms with Gasteiger partial charge in [-0.3, -0.25) is 9.59 Å². The van der Waals surface area contributed by atoms with E-state index in [-0.39, 0.29) is 17.7 Å². The molecule has 4 nitrogen and oxygen atoms in total. The van der Waals surface area contributed by atoms with E-state index in [9.17, 15) is 9.59 Å². The summed E-state index contributed by atoms with van der Waals surface area (Å²) in [5, 5.41) is 2.89. The van der Waals surface area contributed by atoms with Crippen LogP contribution in [0, 0.1) is 5.92 Å². The van der Waals surface area contributed by atoms with Crippen molar-refractivity contribution in [2.45, 2.75) is 44.6 Å². The number of hydrogen-bond acceptors (Lipinski definition) is 2. The molecule has 0 atom stereocenters. The molecule has 4 heteroatoms. The normalized spacial score (nSPS) is 18.5. The van der Waals surface area contributed by atoms with Crippen LogP contribution >= 0.6 is 0 Å². The molecule has 2 saturated carbocycles. The molecule has 0 saturated heterocycles. The lowest BCUT2D eigenvalue weighted by Gasteiger charge is -2.24. The summed E-state index contributed by atoms with van der Waals surface area (Å²) in [6.45, 7) is 0. The van der Waals surface area contributed by atoms with E-state index in [4.69, 9.17) is 0 Å². The molecule has 21 heavy (non-hydrogen) atoms. The minimum Gasteiger partial charge on any atom is -0.339 e. The molecule has 0 aromatic heterocycles. The Bertz CT molecular complexity index is 528. The number of benzene rings is 1. The van der Waals surface area contributed by atoms with Crippen LogP contribution in [0.1, 0.15) is 48.9 Å². The first-order valence-electron chi connectivity index (χ1n) is 7.83. The van der Waals surface area contributed by atoms with E-state index in [0.717, 1.165) is 31.4 Å². The molecule has 1 aromatic carbocycles. The summed E-state index contributed by atoms with van der Waals surface area (Å²) < 4.78 is 0. The van der Waals surface area contributed by atoms with Crippen molar-refractivity contribution in [2.24, 2.45) is 5.92 Å². The number of anilines is 1. The third-order valence-corrected chi connectivity index (χ3v) is 4.54. The van der Waals surface area contributed by atoms with Crippen LogP contribution in [0.4, 0.5) is 5.69 Å². The average molecular weight is 286 g/mol. The first-order valence-corrected chi connectivity index (χ1v) is 7.83. The summed E-state index contributed by atoms with van der Waals surface area (Å²) in [5.74, 6) is 0.360. The fourth-order valence-electron chi connectivity index (χ4n) is 2.95. The van der Waals surface area contributed by atoms with Crippen LogP contribution < -0.4 is 5.32 Å². The van der Waals surface area contributed by atoms with Crippen LogP contribution in [0.3, 0.4) is 0 Å². The Kier molecular flexibility index (Phi) is 3.95. The summed E-state index contributed by atoms with van der Waals surface area (Å²) in [4.78, 5) is 26.0. The third-order valence-electron chi connectivity index (χ3n) is 4.54. The minimum atomic E-state index is 0.0713. The van der Waals surface area contributed by atoms with E-state index in [1.165, 1.54) is 12.8 Å². The molecule has 1 aromatic rings. The van der Waals surface area contributed by atoms with Gasteiger partial charge in [0.1, 0.15) is 0 Å². The van der Waals surface area contributed by atoms with Crippen molar-refractivity contribution in [3.63, 3.8) is 0 Å². The highest BCUT2D eigenvalue weighted by atomic mass is 16.2. The predicted octanol–water partition coefficient (Wildman–Crippen LogP) is 3.05. The maximum atomic E-state index is 12.4. The van der Waals surface area contributed by atoms with Gasteiger partial charge in [0.15, 0.2) is 0 Å². The van der Waals surface area contributed by atoms with Crippen LogP contribution in [-0.2, 0) is 4.79 Å². The van der Waals surface area contributed by atoms with E-state index >= 15 is 0 Å². The second-order valence-corrected chi connectivity index (χ2v) is 6.20. The zero-order valence-corrected chi connectivity index (χ0v) is 12.5. The molecule has 0 unspecified atom stereocenters. The summed E-state index contributed by atoms with van der Waals surface area (Å²) in [5.41, 5.74) is 1.46. The maximum Gasteiger partial charge on any atom is 0.253 e. The average Bonchev–Trinajstić information content (AvgIpc) is 3.22. The van der Waals surface area contributed by atoms with Crippen molar-refractivity contribution in [1.29, 1.82) is 0 Å². The number of nitrogens with zero attached hydrogens (tertiary/aromatic N) is 1. The van der Waals surface area contributed by atoms with Gasteiger partial charge in [0, 0.05) is 30.3 Å². The topological polar surface area (TPSA) is 49.4 Å². The SMILES string of the molecule is CN(C(=O)c1ccc(NC(=O)C2CC2)cc1)C1CCCC1. The molecular weight excluding hydrogens is 264 g/mol. The Morgan fingerprint density at radius 1 is 1.05 bits per heavy atom. The third kappa shape index (κ3) is 3.26. The fourth-order valence-corrected chi connectivity index (χ4v) is 2.95. The van der Waals surface area contributed by atoms with Crippen LogP contribution in [0.15, 0.2) is 24.3 Å². The maximum absolute atomic E-state index is 12.4. The highest BCUT2D eigenvalue weighted by Gasteiger charge is 2.29. The van der Waals surface area contributed by atoms with Crippen LogP contribution in [0.25, 0.3) is 0 Å². The molecule has 0 bridgehead atoms. The second-order valence-electron chi connectivity index (χ2n) is 6.20. The molecule has 2 aliphatic rings. The molecular formula is C17H22N2O2. The number of amides is 2. The molecule has 2 amide bonds. The van der Waals surface area contributed by atoms with Crippen LogP contribution in [-0.4, -0.2) is 29.8 Å². The molecule has 2 fully saturated rings. The molecule has 2 aliphatic carbocycles. The fraction of sp³-hybridized carbons (Fsp3) is 0.529. The Morgan fingerprint density at radius 3 is 2.24 bits per heavy atom. The lowest BCUT2D eigenvalue weighted by molar-refractivity contribution is -0.117. The van der Waals surface area contributed by atoms with E-state index in [0.29, 0.717) is 11.6 Å². The molecule has 0 aliphatic heterocycles. The first kappa shape index (κ1) is 14.1. The highest BCUT2D eigenvalue weighted by Crippen LogP contribution is 2.30. The number of hydrogen-bond donors (Lipinski definition) is 1. The van der Waals surface area contributed by atoms with Crippen molar-refractivity contribution in [3.05, 3.63) is 29.8 Å². The quantitative estimate of drug-likeness (QED) is 0.925. The second kappa shape index (κ2) is 5.88. The Labute approximate surface area is 125 Å². The summed E-state index contributed by atoms with van der Waals surface area (Å²) >= 11 is 0.